The molecule has 2 heterocycles. The van der Waals surface area contributed by atoms with Crippen LogP contribution in [0.15, 0.2) is 58.3 Å². The molecule has 1 atom stereocenters. The van der Waals surface area contributed by atoms with Crippen molar-refractivity contribution in [3.63, 3.8) is 0 Å². The number of ether oxygens (including phenoxy) is 1. The summed E-state index contributed by atoms with van der Waals surface area (Å²) >= 11 is 1.74. The summed E-state index contributed by atoms with van der Waals surface area (Å²) in [5.74, 6) is -0.401. The molecule has 0 spiro atoms. The van der Waals surface area contributed by atoms with Gasteiger partial charge in [0.1, 0.15) is 0 Å². The van der Waals surface area contributed by atoms with E-state index in [2.05, 4.69) is 36.1 Å². The van der Waals surface area contributed by atoms with Crippen molar-refractivity contribution in [1.82, 2.24) is 4.90 Å². The lowest BCUT2D eigenvalue weighted by molar-refractivity contribution is -0.153. The summed E-state index contributed by atoms with van der Waals surface area (Å²) in [5, 5.41) is 0. The van der Waals surface area contributed by atoms with Gasteiger partial charge in [-0.15, -0.1) is 0 Å². The van der Waals surface area contributed by atoms with E-state index in [9.17, 15) is 9.59 Å². The summed E-state index contributed by atoms with van der Waals surface area (Å²) in [6.07, 6.45) is 4.42. The SMILES string of the molecule is CCC1CCCCN1C(=O)COC(=O)CCN1c2ccccc2Sc2ccccc21. The number of piperidine rings is 1. The minimum Gasteiger partial charge on any atom is -0.456 e. The number of carbonyl (C=O) groups is 2. The summed E-state index contributed by atoms with van der Waals surface area (Å²) in [4.78, 5) is 31.4. The van der Waals surface area contributed by atoms with Crippen molar-refractivity contribution < 1.29 is 14.3 Å². The van der Waals surface area contributed by atoms with Crippen LogP contribution in [0.25, 0.3) is 0 Å². The molecular formula is C24H28N2O3S. The van der Waals surface area contributed by atoms with Crippen molar-refractivity contribution in [1.29, 1.82) is 0 Å². The van der Waals surface area contributed by atoms with E-state index in [-0.39, 0.29) is 30.9 Å². The van der Waals surface area contributed by atoms with Crippen LogP contribution in [-0.2, 0) is 14.3 Å². The van der Waals surface area contributed by atoms with E-state index in [1.165, 1.54) is 16.2 Å². The normalized spacial score (nSPS) is 17.8. The molecule has 2 aromatic carbocycles. The Kier molecular flexibility index (Phi) is 6.62. The van der Waals surface area contributed by atoms with Crippen LogP contribution in [-0.4, -0.2) is 42.5 Å². The van der Waals surface area contributed by atoms with Gasteiger partial charge >= 0.3 is 5.97 Å². The van der Waals surface area contributed by atoms with Gasteiger partial charge in [-0.25, -0.2) is 0 Å². The number of para-hydroxylation sites is 2. The summed E-state index contributed by atoms with van der Waals surface area (Å²) in [6, 6.07) is 16.7. The summed E-state index contributed by atoms with van der Waals surface area (Å²) in [5.41, 5.74) is 2.20. The highest BCUT2D eigenvalue weighted by atomic mass is 32.2. The molecule has 1 unspecified atom stereocenters. The van der Waals surface area contributed by atoms with E-state index >= 15 is 0 Å². The number of benzene rings is 2. The molecule has 4 rings (SSSR count). The number of esters is 1. The molecule has 1 saturated heterocycles. The van der Waals surface area contributed by atoms with Gasteiger partial charge in [-0.1, -0.05) is 43.0 Å². The Morgan fingerprint density at radius 3 is 2.37 bits per heavy atom. The van der Waals surface area contributed by atoms with Crippen molar-refractivity contribution in [3.8, 4) is 0 Å². The fraction of sp³-hybridized carbons (Fsp3) is 0.417. The Balaban J connectivity index is 1.36. The van der Waals surface area contributed by atoms with E-state index < -0.39 is 0 Å². The fourth-order valence-electron chi connectivity index (χ4n) is 4.28. The molecule has 0 aliphatic carbocycles. The maximum Gasteiger partial charge on any atom is 0.308 e. The maximum atomic E-state index is 12.5. The number of carbonyl (C=O) groups excluding carboxylic acids is 2. The topological polar surface area (TPSA) is 49.9 Å². The molecule has 1 fully saturated rings. The Bertz CT molecular complexity index is 871. The second-order valence-electron chi connectivity index (χ2n) is 7.74. The molecule has 30 heavy (non-hydrogen) atoms. The van der Waals surface area contributed by atoms with Crippen molar-refractivity contribution in [3.05, 3.63) is 48.5 Å². The molecule has 0 radical (unpaired) electrons. The first kappa shape index (κ1) is 20.8. The number of likely N-dealkylation sites (tertiary alicyclic amines) is 1. The van der Waals surface area contributed by atoms with Crippen LogP contribution in [0.1, 0.15) is 39.0 Å². The van der Waals surface area contributed by atoms with E-state index in [1.54, 1.807) is 11.8 Å². The zero-order chi connectivity index (χ0) is 20.9. The molecular weight excluding hydrogens is 396 g/mol. The molecule has 0 bridgehead atoms. The summed E-state index contributed by atoms with van der Waals surface area (Å²) in [6.45, 7) is 3.24. The highest BCUT2D eigenvalue weighted by molar-refractivity contribution is 7.99. The third-order valence-electron chi connectivity index (χ3n) is 5.85. The molecule has 1 amide bonds. The van der Waals surface area contributed by atoms with Crippen LogP contribution in [0.4, 0.5) is 11.4 Å². The predicted molar refractivity (Wildman–Crippen MR) is 119 cm³/mol. The first-order valence-corrected chi connectivity index (χ1v) is 11.6. The number of rotatable bonds is 6. The van der Waals surface area contributed by atoms with Gasteiger partial charge in [0.05, 0.1) is 17.8 Å². The van der Waals surface area contributed by atoms with Crippen LogP contribution in [0.3, 0.4) is 0 Å². The number of hydrogen-bond acceptors (Lipinski definition) is 5. The highest BCUT2D eigenvalue weighted by Crippen LogP contribution is 2.47. The number of nitrogens with zero attached hydrogens (tertiary/aromatic N) is 2. The Labute approximate surface area is 182 Å². The van der Waals surface area contributed by atoms with Crippen molar-refractivity contribution >= 4 is 35.0 Å². The van der Waals surface area contributed by atoms with Crippen LogP contribution in [0.2, 0.25) is 0 Å². The Morgan fingerprint density at radius 2 is 1.70 bits per heavy atom. The molecule has 2 aromatic rings. The van der Waals surface area contributed by atoms with Crippen molar-refractivity contribution in [2.45, 2.75) is 54.9 Å². The zero-order valence-corrected chi connectivity index (χ0v) is 18.2. The summed E-state index contributed by atoms with van der Waals surface area (Å²) in [7, 11) is 0. The second kappa shape index (κ2) is 9.56. The molecule has 6 heteroatoms. The van der Waals surface area contributed by atoms with Crippen LogP contribution in [0, 0.1) is 0 Å². The van der Waals surface area contributed by atoms with E-state index in [0.717, 1.165) is 37.2 Å². The van der Waals surface area contributed by atoms with Gasteiger partial charge in [-0.3, -0.25) is 9.59 Å². The van der Waals surface area contributed by atoms with Gasteiger partial charge in [0.25, 0.3) is 5.91 Å². The monoisotopic (exact) mass is 424 g/mol. The van der Waals surface area contributed by atoms with E-state index in [0.29, 0.717) is 6.54 Å². The molecule has 0 aromatic heterocycles. The smallest absolute Gasteiger partial charge is 0.308 e. The van der Waals surface area contributed by atoms with Crippen LogP contribution in [0.5, 0.6) is 0 Å². The van der Waals surface area contributed by atoms with Crippen LogP contribution < -0.4 is 4.90 Å². The molecule has 5 nitrogen and oxygen atoms in total. The molecule has 2 aliphatic heterocycles. The first-order valence-electron chi connectivity index (χ1n) is 10.8. The minimum atomic E-state index is -0.332. The van der Waals surface area contributed by atoms with Gasteiger partial charge in [0.15, 0.2) is 6.61 Å². The molecule has 0 saturated carbocycles. The number of amides is 1. The van der Waals surface area contributed by atoms with E-state index in [4.69, 9.17) is 4.74 Å². The average molecular weight is 425 g/mol. The fourth-order valence-corrected chi connectivity index (χ4v) is 5.37. The van der Waals surface area contributed by atoms with Gasteiger partial charge in [0.2, 0.25) is 0 Å². The third kappa shape index (κ3) is 4.48. The van der Waals surface area contributed by atoms with Crippen molar-refractivity contribution in [2.24, 2.45) is 0 Å². The zero-order valence-electron chi connectivity index (χ0n) is 17.4. The second-order valence-corrected chi connectivity index (χ2v) is 8.83. The number of fused-ring (bicyclic) bond motifs is 2. The lowest BCUT2D eigenvalue weighted by atomic mass is 10.00. The van der Waals surface area contributed by atoms with E-state index in [1.807, 2.05) is 29.2 Å². The van der Waals surface area contributed by atoms with Crippen molar-refractivity contribution in [2.75, 3.05) is 24.6 Å². The third-order valence-corrected chi connectivity index (χ3v) is 6.98. The molecule has 2 aliphatic rings. The lowest BCUT2D eigenvalue weighted by Crippen LogP contribution is -2.45. The molecule has 0 N–H and O–H groups in total. The van der Waals surface area contributed by atoms with Gasteiger partial charge in [0, 0.05) is 28.9 Å². The van der Waals surface area contributed by atoms with Gasteiger partial charge < -0.3 is 14.5 Å². The Morgan fingerprint density at radius 1 is 1.03 bits per heavy atom. The minimum absolute atomic E-state index is 0.0695. The summed E-state index contributed by atoms with van der Waals surface area (Å²) < 4.78 is 5.35. The molecule has 158 valence electrons. The highest BCUT2D eigenvalue weighted by Gasteiger charge is 2.27. The van der Waals surface area contributed by atoms with Gasteiger partial charge in [-0.2, -0.15) is 0 Å². The lowest BCUT2D eigenvalue weighted by Gasteiger charge is -2.35. The van der Waals surface area contributed by atoms with Crippen LogP contribution >= 0.6 is 11.8 Å². The number of hydrogen-bond donors (Lipinski definition) is 0. The first-order chi connectivity index (χ1) is 14.7. The predicted octanol–water partition coefficient (Wildman–Crippen LogP) is 5.01. The maximum absolute atomic E-state index is 12.5. The number of anilines is 2. The average Bonchev–Trinajstić information content (AvgIpc) is 2.80. The standard InChI is InChI=1S/C24H28N2O3S/c1-2-18-9-7-8-15-25(18)23(27)17-29-24(28)14-16-26-19-10-3-5-12-21(19)30-22-13-6-4-11-20(22)26/h3-6,10-13,18H,2,7-9,14-17H2,1H3. The largest absolute Gasteiger partial charge is 0.456 e. The Hall–Kier alpha value is -2.47. The van der Waals surface area contributed by atoms with Gasteiger partial charge in [-0.05, 0) is 49.9 Å². The quantitative estimate of drug-likeness (QED) is 0.610.